The molecular weight excluding hydrogens is 186 g/mol. The highest BCUT2D eigenvalue weighted by atomic mass is 35.5. The van der Waals surface area contributed by atoms with Gasteiger partial charge in [-0.1, -0.05) is 17.7 Å². The van der Waals surface area contributed by atoms with Crippen molar-refractivity contribution in [2.75, 3.05) is 0 Å². The van der Waals surface area contributed by atoms with Gasteiger partial charge in [-0.3, -0.25) is 0 Å². The fourth-order valence-corrected chi connectivity index (χ4v) is 1.67. The van der Waals surface area contributed by atoms with Crippen LogP contribution in [0.25, 0.3) is 0 Å². The normalized spacial score (nSPS) is 18.6. The van der Waals surface area contributed by atoms with Crippen LogP contribution in [0.1, 0.15) is 24.4 Å². The highest BCUT2D eigenvalue weighted by molar-refractivity contribution is 6.30. The number of nitrogens with two attached hydrogens (primary N) is 1. The summed E-state index contributed by atoms with van der Waals surface area (Å²) in [6.07, 6.45) is 2.34. The molecule has 1 aliphatic carbocycles. The monoisotopic (exact) mass is 197 g/mol. The summed E-state index contributed by atoms with van der Waals surface area (Å²) in [5.41, 5.74) is 6.76. The quantitative estimate of drug-likeness (QED) is 0.765. The molecule has 13 heavy (non-hydrogen) atoms. The summed E-state index contributed by atoms with van der Waals surface area (Å²) in [5, 5.41) is 10.1. The van der Waals surface area contributed by atoms with Crippen molar-refractivity contribution in [3.8, 4) is 5.75 Å². The molecule has 70 valence electrons. The van der Waals surface area contributed by atoms with Crippen LogP contribution < -0.4 is 5.73 Å². The molecule has 1 aliphatic rings. The summed E-state index contributed by atoms with van der Waals surface area (Å²) in [6, 6.07) is 5.08. The summed E-state index contributed by atoms with van der Waals surface area (Å²) in [7, 11) is 0. The van der Waals surface area contributed by atoms with Crippen LogP contribution in [0.5, 0.6) is 5.75 Å². The van der Waals surface area contributed by atoms with Crippen LogP contribution in [0, 0.1) is 5.92 Å². The van der Waals surface area contributed by atoms with Crippen LogP contribution in [0.15, 0.2) is 18.2 Å². The molecule has 0 radical (unpaired) electrons. The van der Waals surface area contributed by atoms with E-state index in [0.717, 1.165) is 5.56 Å². The zero-order valence-electron chi connectivity index (χ0n) is 7.20. The molecule has 0 heterocycles. The molecule has 2 rings (SSSR count). The van der Waals surface area contributed by atoms with Crippen LogP contribution in [0.2, 0.25) is 5.02 Å². The number of rotatable bonds is 2. The van der Waals surface area contributed by atoms with Gasteiger partial charge in [-0.05, 0) is 30.9 Å². The molecule has 1 aromatic carbocycles. The Hall–Kier alpha value is -0.730. The van der Waals surface area contributed by atoms with Gasteiger partial charge in [-0.15, -0.1) is 0 Å². The smallest absolute Gasteiger partial charge is 0.121 e. The number of hydrogen-bond donors (Lipinski definition) is 2. The van der Waals surface area contributed by atoms with Crippen LogP contribution in [-0.4, -0.2) is 5.11 Å². The second-order valence-electron chi connectivity index (χ2n) is 3.57. The zero-order valence-corrected chi connectivity index (χ0v) is 7.96. The Balaban J connectivity index is 2.28. The lowest BCUT2D eigenvalue weighted by molar-refractivity contribution is 0.456. The molecule has 0 aromatic heterocycles. The fraction of sp³-hybridized carbons (Fsp3) is 0.400. The van der Waals surface area contributed by atoms with Crippen LogP contribution in [-0.2, 0) is 0 Å². The van der Waals surface area contributed by atoms with E-state index < -0.39 is 0 Å². The molecule has 0 amide bonds. The molecule has 0 unspecified atom stereocenters. The maximum atomic E-state index is 9.57. The standard InChI is InChI=1S/C10H12ClNO/c11-7-3-4-8(9(13)5-7)10(12)6-1-2-6/h3-6,10,13H,1-2,12H2/t10-/m1/s1. The molecule has 1 atom stereocenters. The fourth-order valence-electron chi connectivity index (χ4n) is 1.51. The van der Waals surface area contributed by atoms with Crippen molar-refractivity contribution in [2.24, 2.45) is 11.7 Å². The van der Waals surface area contributed by atoms with Crippen molar-refractivity contribution in [1.29, 1.82) is 0 Å². The third-order valence-corrected chi connectivity index (χ3v) is 2.72. The van der Waals surface area contributed by atoms with Gasteiger partial charge in [0, 0.05) is 16.6 Å². The first-order valence-corrected chi connectivity index (χ1v) is 4.80. The lowest BCUT2D eigenvalue weighted by atomic mass is 10.0. The number of hydrogen-bond acceptors (Lipinski definition) is 2. The first kappa shape index (κ1) is 8.85. The van der Waals surface area contributed by atoms with Crippen molar-refractivity contribution < 1.29 is 5.11 Å². The minimum absolute atomic E-state index is 0.0303. The average molecular weight is 198 g/mol. The Labute approximate surface area is 82.3 Å². The van der Waals surface area contributed by atoms with Gasteiger partial charge in [0.15, 0.2) is 0 Å². The summed E-state index contributed by atoms with van der Waals surface area (Å²) in [6.45, 7) is 0. The van der Waals surface area contributed by atoms with Gasteiger partial charge in [0.25, 0.3) is 0 Å². The van der Waals surface area contributed by atoms with E-state index >= 15 is 0 Å². The van der Waals surface area contributed by atoms with E-state index in [2.05, 4.69) is 0 Å². The molecule has 0 saturated heterocycles. The lowest BCUT2D eigenvalue weighted by Crippen LogP contribution is -2.12. The summed E-state index contributed by atoms with van der Waals surface area (Å²) < 4.78 is 0. The molecule has 3 heteroatoms. The van der Waals surface area contributed by atoms with Gasteiger partial charge in [0.2, 0.25) is 0 Å². The number of phenols is 1. The largest absolute Gasteiger partial charge is 0.508 e. The van der Waals surface area contributed by atoms with Crippen LogP contribution >= 0.6 is 11.6 Å². The summed E-state index contributed by atoms with van der Waals surface area (Å²) in [5.74, 6) is 0.763. The third-order valence-electron chi connectivity index (χ3n) is 2.48. The van der Waals surface area contributed by atoms with E-state index in [0.29, 0.717) is 10.9 Å². The molecule has 3 N–H and O–H groups in total. The van der Waals surface area contributed by atoms with Crippen molar-refractivity contribution in [3.63, 3.8) is 0 Å². The van der Waals surface area contributed by atoms with Gasteiger partial charge in [-0.25, -0.2) is 0 Å². The first-order chi connectivity index (χ1) is 6.18. The minimum Gasteiger partial charge on any atom is -0.508 e. The number of aromatic hydroxyl groups is 1. The van der Waals surface area contributed by atoms with E-state index in [-0.39, 0.29) is 11.8 Å². The van der Waals surface area contributed by atoms with Crippen LogP contribution in [0.3, 0.4) is 0 Å². The second kappa shape index (κ2) is 3.20. The van der Waals surface area contributed by atoms with E-state index in [1.165, 1.54) is 12.8 Å². The Kier molecular flexibility index (Phi) is 2.18. The third kappa shape index (κ3) is 1.79. The van der Waals surface area contributed by atoms with Crippen molar-refractivity contribution in [2.45, 2.75) is 18.9 Å². The second-order valence-corrected chi connectivity index (χ2v) is 4.00. The Bertz CT molecular complexity index is 323. The van der Waals surface area contributed by atoms with Gasteiger partial charge < -0.3 is 10.8 Å². The van der Waals surface area contributed by atoms with E-state index in [9.17, 15) is 5.11 Å². The minimum atomic E-state index is -0.0303. The predicted molar refractivity (Wildman–Crippen MR) is 52.8 cm³/mol. The van der Waals surface area contributed by atoms with Crippen LogP contribution in [0.4, 0.5) is 0 Å². The highest BCUT2D eigenvalue weighted by Gasteiger charge is 2.30. The Morgan fingerprint density at radius 1 is 1.46 bits per heavy atom. The maximum Gasteiger partial charge on any atom is 0.121 e. The zero-order chi connectivity index (χ0) is 9.42. The van der Waals surface area contributed by atoms with Crippen molar-refractivity contribution in [3.05, 3.63) is 28.8 Å². The van der Waals surface area contributed by atoms with Gasteiger partial charge >= 0.3 is 0 Å². The highest BCUT2D eigenvalue weighted by Crippen LogP contribution is 2.42. The van der Waals surface area contributed by atoms with E-state index in [4.69, 9.17) is 17.3 Å². The molecule has 2 nitrogen and oxygen atoms in total. The predicted octanol–water partition coefficient (Wildman–Crippen LogP) is 2.46. The van der Waals surface area contributed by atoms with Crippen molar-refractivity contribution in [1.82, 2.24) is 0 Å². The maximum absolute atomic E-state index is 9.57. The molecule has 0 bridgehead atoms. The molecule has 1 aromatic rings. The SMILES string of the molecule is N[C@@H](c1ccc(Cl)cc1O)C1CC1. The number of halogens is 1. The average Bonchev–Trinajstić information content (AvgIpc) is 2.85. The Morgan fingerprint density at radius 3 is 2.69 bits per heavy atom. The van der Waals surface area contributed by atoms with E-state index in [1.807, 2.05) is 0 Å². The van der Waals surface area contributed by atoms with Crippen molar-refractivity contribution >= 4 is 11.6 Å². The number of benzene rings is 1. The number of phenolic OH excluding ortho intramolecular Hbond substituents is 1. The molecule has 0 spiro atoms. The first-order valence-electron chi connectivity index (χ1n) is 4.42. The Morgan fingerprint density at radius 2 is 2.15 bits per heavy atom. The molecule has 1 saturated carbocycles. The molecule has 1 fully saturated rings. The summed E-state index contributed by atoms with van der Waals surface area (Å²) >= 11 is 5.72. The van der Waals surface area contributed by atoms with Gasteiger partial charge in [-0.2, -0.15) is 0 Å². The lowest BCUT2D eigenvalue weighted by Gasteiger charge is -2.12. The van der Waals surface area contributed by atoms with Gasteiger partial charge in [0.05, 0.1) is 0 Å². The van der Waals surface area contributed by atoms with E-state index in [1.54, 1.807) is 18.2 Å². The summed E-state index contributed by atoms with van der Waals surface area (Å²) in [4.78, 5) is 0. The topological polar surface area (TPSA) is 46.2 Å². The van der Waals surface area contributed by atoms with Gasteiger partial charge in [0.1, 0.15) is 5.75 Å². The molecule has 0 aliphatic heterocycles. The molecular formula is C10H12ClNO.